The molecule has 0 N–H and O–H groups in total. The number of sulfonamides is 1. The Kier molecular flexibility index (Phi) is 5.51. The van der Waals surface area contributed by atoms with Gasteiger partial charge in [0.25, 0.3) is 0 Å². The van der Waals surface area contributed by atoms with E-state index in [1.54, 1.807) is 24.3 Å². The van der Waals surface area contributed by atoms with Gasteiger partial charge < -0.3 is 4.74 Å². The summed E-state index contributed by atoms with van der Waals surface area (Å²) in [4.78, 5) is 12.0. The average Bonchev–Trinajstić information content (AvgIpc) is 2.47. The first kappa shape index (κ1) is 17.6. The predicted octanol–water partition coefficient (Wildman–Crippen LogP) is 3.37. The maximum absolute atomic E-state index is 12.0. The molecule has 0 heterocycles. The molecule has 0 radical (unpaired) electrons. The van der Waals surface area contributed by atoms with Crippen molar-refractivity contribution in [3.05, 3.63) is 58.6 Å². The maximum Gasteiger partial charge on any atom is 0.332 e. The minimum atomic E-state index is -3.66. The first-order chi connectivity index (χ1) is 10.8. The number of carbonyl (C=O) groups is 1. The van der Waals surface area contributed by atoms with Gasteiger partial charge in [-0.05, 0) is 48.5 Å². The SMILES string of the molecule is CS(=O)(=O)N(CC(=O)Oc1ccc(Cl)cc1)c1ccc(Cl)cc1. The van der Waals surface area contributed by atoms with Gasteiger partial charge in [-0.1, -0.05) is 23.2 Å². The molecule has 122 valence electrons. The highest BCUT2D eigenvalue weighted by Crippen LogP contribution is 2.21. The monoisotopic (exact) mass is 373 g/mol. The number of nitrogens with zero attached hydrogens (tertiary/aromatic N) is 1. The van der Waals surface area contributed by atoms with Crippen LogP contribution in [0.25, 0.3) is 0 Å². The number of anilines is 1. The Bertz CT molecular complexity index is 789. The van der Waals surface area contributed by atoms with Crippen molar-refractivity contribution in [2.45, 2.75) is 0 Å². The normalized spacial score (nSPS) is 11.1. The van der Waals surface area contributed by atoms with E-state index in [9.17, 15) is 13.2 Å². The number of carbonyl (C=O) groups excluding carboxylic acids is 1. The number of rotatable bonds is 5. The van der Waals surface area contributed by atoms with E-state index < -0.39 is 22.5 Å². The van der Waals surface area contributed by atoms with E-state index in [0.29, 0.717) is 15.7 Å². The molecule has 23 heavy (non-hydrogen) atoms. The number of ether oxygens (including phenoxy) is 1. The Morgan fingerprint density at radius 2 is 1.48 bits per heavy atom. The van der Waals surface area contributed by atoms with Gasteiger partial charge in [0.05, 0.1) is 11.9 Å². The molecule has 0 spiro atoms. The molecular formula is C15H13Cl2NO4S. The second kappa shape index (κ2) is 7.21. The third-order valence-corrected chi connectivity index (χ3v) is 4.48. The standard InChI is InChI=1S/C15H13Cl2NO4S/c1-23(20,21)18(13-6-2-11(16)3-7-13)10-15(19)22-14-8-4-12(17)5-9-14/h2-9H,10H2,1H3. The van der Waals surface area contributed by atoms with Gasteiger partial charge in [-0.2, -0.15) is 0 Å². The molecule has 0 aliphatic heterocycles. The van der Waals surface area contributed by atoms with Crippen molar-refractivity contribution < 1.29 is 17.9 Å². The van der Waals surface area contributed by atoms with Gasteiger partial charge in [-0.3, -0.25) is 4.31 Å². The highest BCUT2D eigenvalue weighted by molar-refractivity contribution is 7.92. The molecule has 2 aromatic carbocycles. The van der Waals surface area contributed by atoms with Gasteiger partial charge >= 0.3 is 5.97 Å². The van der Waals surface area contributed by atoms with Crippen LogP contribution in [0.1, 0.15) is 0 Å². The Labute approximate surface area is 144 Å². The van der Waals surface area contributed by atoms with Gasteiger partial charge in [0, 0.05) is 10.0 Å². The van der Waals surface area contributed by atoms with Crippen LogP contribution in [-0.2, 0) is 14.8 Å². The van der Waals surface area contributed by atoms with E-state index in [2.05, 4.69) is 0 Å². The van der Waals surface area contributed by atoms with Crippen LogP contribution in [-0.4, -0.2) is 27.2 Å². The molecular weight excluding hydrogens is 361 g/mol. The summed E-state index contributed by atoms with van der Waals surface area (Å²) in [6.45, 7) is -0.455. The Balaban J connectivity index is 2.16. The molecule has 0 atom stereocenters. The number of halogens is 2. The molecule has 2 rings (SSSR count). The van der Waals surface area contributed by atoms with Crippen molar-refractivity contribution in [3.8, 4) is 5.75 Å². The van der Waals surface area contributed by atoms with Crippen LogP contribution >= 0.6 is 23.2 Å². The second-order valence-electron chi connectivity index (χ2n) is 4.67. The van der Waals surface area contributed by atoms with Crippen LogP contribution in [0.4, 0.5) is 5.69 Å². The summed E-state index contributed by atoms with van der Waals surface area (Å²) in [6.07, 6.45) is 1.01. The minimum Gasteiger partial charge on any atom is -0.425 e. The van der Waals surface area contributed by atoms with Crippen LogP contribution in [0.3, 0.4) is 0 Å². The van der Waals surface area contributed by atoms with E-state index in [4.69, 9.17) is 27.9 Å². The van der Waals surface area contributed by atoms with Crippen LogP contribution < -0.4 is 9.04 Å². The number of esters is 1. The van der Waals surface area contributed by atoms with Crippen LogP contribution in [0.5, 0.6) is 5.75 Å². The lowest BCUT2D eigenvalue weighted by atomic mass is 10.3. The molecule has 0 saturated heterocycles. The van der Waals surface area contributed by atoms with Crippen molar-refractivity contribution in [1.82, 2.24) is 0 Å². The highest BCUT2D eigenvalue weighted by atomic mass is 35.5. The maximum atomic E-state index is 12.0. The van der Waals surface area contributed by atoms with Gasteiger partial charge in [-0.25, -0.2) is 13.2 Å². The summed E-state index contributed by atoms with van der Waals surface area (Å²) in [7, 11) is -3.66. The van der Waals surface area contributed by atoms with E-state index in [1.807, 2.05) is 0 Å². The van der Waals surface area contributed by atoms with Crippen LogP contribution in [0.2, 0.25) is 10.0 Å². The van der Waals surface area contributed by atoms with E-state index in [-0.39, 0.29) is 5.75 Å². The fourth-order valence-corrected chi connectivity index (χ4v) is 2.89. The largest absolute Gasteiger partial charge is 0.425 e. The van der Waals surface area contributed by atoms with Gasteiger partial charge in [-0.15, -0.1) is 0 Å². The van der Waals surface area contributed by atoms with Gasteiger partial charge in [0.15, 0.2) is 0 Å². The molecule has 0 amide bonds. The zero-order valence-corrected chi connectivity index (χ0v) is 14.4. The summed E-state index contributed by atoms with van der Waals surface area (Å²) >= 11 is 11.5. The molecule has 0 aliphatic carbocycles. The first-order valence-corrected chi connectivity index (χ1v) is 9.05. The average molecular weight is 374 g/mol. The van der Waals surface area contributed by atoms with Crippen molar-refractivity contribution >= 4 is 44.9 Å². The second-order valence-corrected chi connectivity index (χ2v) is 7.45. The quantitative estimate of drug-likeness (QED) is 0.595. The molecule has 0 fully saturated rings. The third kappa shape index (κ3) is 5.13. The van der Waals surface area contributed by atoms with Crippen molar-refractivity contribution in [2.24, 2.45) is 0 Å². The molecule has 0 unspecified atom stereocenters. The predicted molar refractivity (Wildman–Crippen MR) is 90.7 cm³/mol. The zero-order chi connectivity index (χ0) is 17.0. The highest BCUT2D eigenvalue weighted by Gasteiger charge is 2.22. The smallest absolute Gasteiger partial charge is 0.332 e. The number of hydrogen-bond donors (Lipinski definition) is 0. The Morgan fingerprint density at radius 1 is 1.00 bits per heavy atom. The number of benzene rings is 2. The molecule has 0 aromatic heterocycles. The van der Waals surface area contributed by atoms with Gasteiger partial charge in [0.2, 0.25) is 10.0 Å². The summed E-state index contributed by atoms with van der Waals surface area (Å²) < 4.78 is 29.9. The minimum absolute atomic E-state index is 0.281. The number of hydrogen-bond acceptors (Lipinski definition) is 4. The van der Waals surface area contributed by atoms with E-state index in [0.717, 1.165) is 10.6 Å². The van der Waals surface area contributed by atoms with E-state index >= 15 is 0 Å². The summed E-state index contributed by atoms with van der Waals surface area (Å²) in [6, 6.07) is 12.3. The first-order valence-electron chi connectivity index (χ1n) is 6.45. The lowest BCUT2D eigenvalue weighted by molar-refractivity contribution is -0.132. The topological polar surface area (TPSA) is 63.7 Å². The molecule has 8 heteroatoms. The van der Waals surface area contributed by atoms with Crippen molar-refractivity contribution in [2.75, 3.05) is 17.1 Å². The summed E-state index contributed by atoms with van der Waals surface area (Å²) in [5.41, 5.74) is 0.324. The fraction of sp³-hybridized carbons (Fsp3) is 0.133. The Hall–Kier alpha value is -1.76. The molecule has 0 bridgehead atoms. The third-order valence-electron chi connectivity index (χ3n) is 2.83. The summed E-state index contributed by atoms with van der Waals surface area (Å²) in [5, 5.41) is 0.967. The van der Waals surface area contributed by atoms with E-state index in [1.165, 1.54) is 24.3 Å². The lowest BCUT2D eigenvalue weighted by Crippen LogP contribution is -2.36. The van der Waals surface area contributed by atoms with Crippen molar-refractivity contribution in [3.63, 3.8) is 0 Å². The van der Waals surface area contributed by atoms with Gasteiger partial charge in [0.1, 0.15) is 12.3 Å². The molecule has 2 aromatic rings. The fourth-order valence-electron chi connectivity index (χ4n) is 1.79. The van der Waals surface area contributed by atoms with Crippen LogP contribution in [0.15, 0.2) is 48.5 Å². The molecule has 0 aliphatic rings. The summed E-state index contributed by atoms with van der Waals surface area (Å²) in [5.74, 6) is -0.434. The lowest BCUT2D eigenvalue weighted by Gasteiger charge is -2.21. The molecule has 0 saturated carbocycles. The zero-order valence-electron chi connectivity index (χ0n) is 12.1. The van der Waals surface area contributed by atoms with Crippen molar-refractivity contribution in [1.29, 1.82) is 0 Å². The Morgan fingerprint density at radius 3 is 1.96 bits per heavy atom. The molecule has 5 nitrogen and oxygen atoms in total. The van der Waals surface area contributed by atoms with Crippen LogP contribution in [0, 0.1) is 0 Å².